The van der Waals surface area contributed by atoms with Crippen LogP contribution in [0.1, 0.15) is 55.1 Å². The van der Waals surface area contributed by atoms with E-state index in [1.165, 1.54) is 5.56 Å². The summed E-state index contributed by atoms with van der Waals surface area (Å²) < 4.78 is 0. The number of rotatable bonds is 3. The third-order valence-corrected chi connectivity index (χ3v) is 3.27. The van der Waals surface area contributed by atoms with Gasteiger partial charge in [-0.2, -0.15) is 0 Å². The minimum atomic E-state index is 0.0543. The van der Waals surface area contributed by atoms with Crippen molar-refractivity contribution in [3.8, 4) is 0 Å². The van der Waals surface area contributed by atoms with Crippen molar-refractivity contribution in [1.82, 2.24) is 0 Å². The first-order valence-corrected chi connectivity index (χ1v) is 7.46. The lowest BCUT2D eigenvalue weighted by Gasteiger charge is -2.06. The third-order valence-electron chi connectivity index (χ3n) is 2.97. The van der Waals surface area contributed by atoms with E-state index in [9.17, 15) is 4.79 Å². The van der Waals surface area contributed by atoms with E-state index in [1.54, 1.807) is 12.1 Å². The molecule has 2 aromatic carbocycles. The summed E-state index contributed by atoms with van der Waals surface area (Å²) in [5.41, 5.74) is 2.67. The topological polar surface area (TPSA) is 17.1 Å². The lowest BCUT2D eigenvalue weighted by atomic mass is 9.98. The van der Waals surface area contributed by atoms with Crippen LogP contribution in [-0.4, -0.2) is 5.78 Å². The number of thiol groups is 1. The SMILES string of the molecule is CC.CC(C)c1ccc(C(=O)c2ccc(S)cc2)cc1. The van der Waals surface area contributed by atoms with Gasteiger partial charge in [0.05, 0.1) is 0 Å². The van der Waals surface area contributed by atoms with Crippen LogP contribution < -0.4 is 0 Å². The predicted octanol–water partition coefficient (Wildman–Crippen LogP) is 5.36. The molecular formula is C18H22OS. The van der Waals surface area contributed by atoms with E-state index in [0.717, 1.165) is 10.5 Å². The Hall–Kier alpha value is -1.54. The number of ketones is 1. The zero-order valence-corrected chi connectivity index (χ0v) is 13.4. The van der Waals surface area contributed by atoms with Gasteiger partial charge < -0.3 is 0 Å². The minimum absolute atomic E-state index is 0.0543. The molecule has 0 aliphatic heterocycles. The molecule has 0 unspecified atom stereocenters. The van der Waals surface area contributed by atoms with Crippen molar-refractivity contribution in [3.63, 3.8) is 0 Å². The summed E-state index contributed by atoms with van der Waals surface area (Å²) in [5, 5.41) is 0. The summed E-state index contributed by atoms with van der Waals surface area (Å²) in [6.07, 6.45) is 0. The smallest absolute Gasteiger partial charge is 0.193 e. The molecule has 0 radical (unpaired) electrons. The van der Waals surface area contributed by atoms with Crippen LogP contribution in [0.25, 0.3) is 0 Å². The maximum absolute atomic E-state index is 12.2. The number of hydrogen-bond acceptors (Lipinski definition) is 2. The summed E-state index contributed by atoms with van der Waals surface area (Å²) in [6, 6.07) is 15.1. The van der Waals surface area contributed by atoms with E-state index in [0.29, 0.717) is 11.5 Å². The Morgan fingerprint density at radius 3 is 1.65 bits per heavy atom. The van der Waals surface area contributed by atoms with Gasteiger partial charge in [-0.05, 0) is 35.7 Å². The fourth-order valence-corrected chi connectivity index (χ4v) is 1.95. The van der Waals surface area contributed by atoms with Crippen molar-refractivity contribution in [1.29, 1.82) is 0 Å². The normalized spacial score (nSPS) is 9.90. The highest BCUT2D eigenvalue weighted by Crippen LogP contribution is 2.17. The standard InChI is InChI=1S/C16H16OS.C2H6/c1-11(2)12-3-5-13(6-4-12)16(17)14-7-9-15(18)10-8-14;1-2/h3-11,18H,1-2H3;1-2H3. The number of hydrogen-bond donors (Lipinski definition) is 1. The van der Waals surface area contributed by atoms with Gasteiger partial charge in [-0.1, -0.05) is 52.0 Å². The van der Waals surface area contributed by atoms with Crippen molar-refractivity contribution in [2.75, 3.05) is 0 Å². The molecule has 20 heavy (non-hydrogen) atoms. The molecule has 0 atom stereocenters. The first kappa shape index (κ1) is 16.5. The van der Waals surface area contributed by atoms with Crippen LogP contribution in [0.5, 0.6) is 0 Å². The van der Waals surface area contributed by atoms with Gasteiger partial charge in [0, 0.05) is 16.0 Å². The van der Waals surface area contributed by atoms with Gasteiger partial charge in [-0.3, -0.25) is 4.79 Å². The molecule has 0 heterocycles. The van der Waals surface area contributed by atoms with Crippen molar-refractivity contribution < 1.29 is 4.79 Å². The Bertz CT molecular complexity index is 539. The molecule has 0 saturated carbocycles. The van der Waals surface area contributed by atoms with Crippen LogP contribution in [0.3, 0.4) is 0 Å². The van der Waals surface area contributed by atoms with Gasteiger partial charge in [0.2, 0.25) is 0 Å². The lowest BCUT2D eigenvalue weighted by molar-refractivity contribution is 0.103. The van der Waals surface area contributed by atoms with E-state index in [4.69, 9.17) is 0 Å². The van der Waals surface area contributed by atoms with Crippen molar-refractivity contribution >= 4 is 18.4 Å². The number of carbonyl (C=O) groups excluding carboxylic acids is 1. The van der Waals surface area contributed by atoms with Gasteiger partial charge in [0.1, 0.15) is 0 Å². The molecule has 0 aliphatic rings. The summed E-state index contributed by atoms with van der Waals surface area (Å²) in [7, 11) is 0. The van der Waals surface area contributed by atoms with Gasteiger partial charge >= 0.3 is 0 Å². The first-order valence-electron chi connectivity index (χ1n) is 7.01. The molecule has 0 fully saturated rings. The second-order valence-electron chi connectivity index (χ2n) is 4.65. The predicted molar refractivity (Wildman–Crippen MR) is 89.0 cm³/mol. The molecule has 0 aromatic heterocycles. The van der Waals surface area contributed by atoms with Crippen LogP contribution in [0.4, 0.5) is 0 Å². The van der Waals surface area contributed by atoms with E-state index < -0.39 is 0 Å². The number of carbonyl (C=O) groups is 1. The van der Waals surface area contributed by atoms with Gasteiger partial charge in [0.25, 0.3) is 0 Å². The van der Waals surface area contributed by atoms with E-state index in [2.05, 4.69) is 26.5 Å². The van der Waals surface area contributed by atoms with Crippen molar-refractivity contribution in [3.05, 3.63) is 65.2 Å². The largest absolute Gasteiger partial charge is 0.289 e. The van der Waals surface area contributed by atoms with Gasteiger partial charge in [-0.25, -0.2) is 0 Å². The van der Waals surface area contributed by atoms with Crippen LogP contribution in [0, 0.1) is 0 Å². The quantitative estimate of drug-likeness (QED) is 0.594. The van der Waals surface area contributed by atoms with Crippen molar-refractivity contribution in [2.45, 2.75) is 38.5 Å². The first-order chi connectivity index (χ1) is 9.58. The molecule has 2 heteroatoms. The molecule has 0 saturated heterocycles. The second kappa shape index (κ2) is 7.91. The molecule has 2 rings (SSSR count). The fourth-order valence-electron chi connectivity index (χ4n) is 1.80. The summed E-state index contributed by atoms with van der Waals surface area (Å²) in [6.45, 7) is 8.28. The molecule has 1 nitrogen and oxygen atoms in total. The van der Waals surface area contributed by atoms with Crippen LogP contribution in [0.2, 0.25) is 0 Å². The van der Waals surface area contributed by atoms with Crippen LogP contribution >= 0.6 is 12.6 Å². The lowest BCUT2D eigenvalue weighted by Crippen LogP contribution is -2.01. The van der Waals surface area contributed by atoms with Gasteiger partial charge in [0.15, 0.2) is 5.78 Å². The van der Waals surface area contributed by atoms with Crippen LogP contribution in [-0.2, 0) is 0 Å². The summed E-state index contributed by atoms with van der Waals surface area (Å²) in [5.74, 6) is 0.538. The van der Waals surface area contributed by atoms with E-state index in [1.807, 2.05) is 50.2 Å². The average Bonchev–Trinajstić information content (AvgIpc) is 2.49. The second-order valence-corrected chi connectivity index (χ2v) is 5.17. The molecular weight excluding hydrogens is 264 g/mol. The van der Waals surface area contributed by atoms with E-state index >= 15 is 0 Å². The third kappa shape index (κ3) is 4.24. The molecule has 106 valence electrons. The Labute approximate surface area is 127 Å². The molecule has 0 bridgehead atoms. The molecule has 0 spiro atoms. The Balaban J connectivity index is 0.000000956. The Kier molecular flexibility index (Phi) is 6.53. The monoisotopic (exact) mass is 286 g/mol. The zero-order valence-electron chi connectivity index (χ0n) is 12.6. The van der Waals surface area contributed by atoms with Crippen LogP contribution in [0.15, 0.2) is 53.4 Å². The maximum atomic E-state index is 12.2. The highest BCUT2D eigenvalue weighted by molar-refractivity contribution is 7.80. The molecule has 2 aromatic rings. The maximum Gasteiger partial charge on any atom is 0.193 e. The highest BCUT2D eigenvalue weighted by atomic mass is 32.1. The minimum Gasteiger partial charge on any atom is -0.289 e. The highest BCUT2D eigenvalue weighted by Gasteiger charge is 2.09. The Morgan fingerprint density at radius 1 is 0.850 bits per heavy atom. The van der Waals surface area contributed by atoms with Gasteiger partial charge in [-0.15, -0.1) is 12.6 Å². The van der Waals surface area contributed by atoms with E-state index in [-0.39, 0.29) is 5.78 Å². The molecule has 0 amide bonds. The molecule has 0 N–H and O–H groups in total. The fraction of sp³-hybridized carbons (Fsp3) is 0.278. The zero-order chi connectivity index (χ0) is 15.1. The average molecular weight is 286 g/mol. The Morgan fingerprint density at radius 2 is 1.25 bits per heavy atom. The summed E-state index contributed by atoms with van der Waals surface area (Å²) >= 11 is 4.21. The van der Waals surface area contributed by atoms with Crippen molar-refractivity contribution in [2.24, 2.45) is 0 Å². The molecule has 0 aliphatic carbocycles. The number of benzene rings is 2. The summed E-state index contributed by atoms with van der Waals surface area (Å²) in [4.78, 5) is 13.1.